The Kier molecular flexibility index (Phi) is 7.95. The first-order chi connectivity index (χ1) is 15.8. The first-order valence-corrected chi connectivity index (χ1v) is 11.9. The number of rotatable bonds is 10. The number of ether oxygens (including phenoxy) is 2. The van der Waals surface area contributed by atoms with Gasteiger partial charge in [-0.05, 0) is 60.9 Å². The van der Waals surface area contributed by atoms with Gasteiger partial charge in [0.05, 0.1) is 19.1 Å². The van der Waals surface area contributed by atoms with Crippen LogP contribution in [0.15, 0.2) is 71.6 Å². The number of anilines is 1. The lowest BCUT2D eigenvalue weighted by atomic mass is 10.1. The van der Waals surface area contributed by atoms with Gasteiger partial charge in [0.15, 0.2) is 11.5 Å². The van der Waals surface area contributed by atoms with Crippen molar-refractivity contribution in [2.75, 3.05) is 18.9 Å². The lowest BCUT2D eigenvalue weighted by molar-refractivity contribution is -0.121. The van der Waals surface area contributed by atoms with E-state index in [0.29, 0.717) is 36.6 Å². The molecule has 1 amide bonds. The van der Waals surface area contributed by atoms with Crippen LogP contribution in [-0.4, -0.2) is 28.5 Å². The quantitative estimate of drug-likeness (QED) is 0.468. The second-order valence-electron chi connectivity index (χ2n) is 7.58. The normalized spacial score (nSPS) is 11.0. The second-order valence-corrected chi connectivity index (χ2v) is 9.26. The van der Waals surface area contributed by atoms with Gasteiger partial charge >= 0.3 is 0 Å². The van der Waals surface area contributed by atoms with E-state index in [4.69, 9.17) is 9.47 Å². The third kappa shape index (κ3) is 6.73. The van der Waals surface area contributed by atoms with Crippen molar-refractivity contribution in [2.45, 2.75) is 31.2 Å². The van der Waals surface area contributed by atoms with Gasteiger partial charge in [0, 0.05) is 18.7 Å². The number of hydrogen-bond acceptors (Lipinski definition) is 5. The van der Waals surface area contributed by atoms with Crippen LogP contribution in [0.4, 0.5) is 5.69 Å². The molecule has 0 spiro atoms. The second kappa shape index (κ2) is 10.9. The van der Waals surface area contributed by atoms with Crippen LogP contribution in [0.25, 0.3) is 0 Å². The van der Waals surface area contributed by atoms with Crippen molar-refractivity contribution in [3.63, 3.8) is 0 Å². The Labute approximate surface area is 194 Å². The maximum absolute atomic E-state index is 12.6. The fourth-order valence-electron chi connectivity index (χ4n) is 3.21. The highest BCUT2D eigenvalue weighted by atomic mass is 32.2. The summed E-state index contributed by atoms with van der Waals surface area (Å²) < 4.78 is 38.2. The van der Waals surface area contributed by atoms with Crippen molar-refractivity contribution < 1.29 is 22.7 Å². The SMILES string of the molecule is COc1ccc(CNC(=O)CCc2ccc(S(=O)(=O)Nc3ccc(C)cc3)cc2)cc1OC. The van der Waals surface area contributed by atoms with Crippen LogP contribution in [0, 0.1) is 6.92 Å². The van der Waals surface area contributed by atoms with Gasteiger partial charge in [0.2, 0.25) is 5.91 Å². The summed E-state index contributed by atoms with van der Waals surface area (Å²) >= 11 is 0. The maximum atomic E-state index is 12.6. The highest BCUT2D eigenvalue weighted by Crippen LogP contribution is 2.27. The molecule has 0 aliphatic heterocycles. The van der Waals surface area contributed by atoms with E-state index in [-0.39, 0.29) is 10.8 Å². The molecular weight excluding hydrogens is 440 g/mol. The number of carbonyl (C=O) groups excluding carboxylic acids is 1. The van der Waals surface area contributed by atoms with Crippen LogP contribution in [0.5, 0.6) is 11.5 Å². The number of amides is 1. The molecule has 0 saturated carbocycles. The molecule has 174 valence electrons. The van der Waals surface area contributed by atoms with Crippen LogP contribution in [0.2, 0.25) is 0 Å². The van der Waals surface area contributed by atoms with Gasteiger partial charge in [-0.15, -0.1) is 0 Å². The van der Waals surface area contributed by atoms with Gasteiger partial charge in [-0.1, -0.05) is 35.9 Å². The Morgan fingerprint density at radius 1 is 0.848 bits per heavy atom. The molecule has 7 nitrogen and oxygen atoms in total. The molecule has 0 aliphatic carbocycles. The van der Waals surface area contributed by atoms with Crippen molar-refractivity contribution in [2.24, 2.45) is 0 Å². The van der Waals surface area contributed by atoms with Crippen molar-refractivity contribution in [1.82, 2.24) is 5.32 Å². The van der Waals surface area contributed by atoms with Crippen LogP contribution >= 0.6 is 0 Å². The summed E-state index contributed by atoms with van der Waals surface area (Å²) in [5.74, 6) is 1.14. The predicted octanol–water partition coefficient (Wildman–Crippen LogP) is 4.06. The molecule has 3 aromatic rings. The van der Waals surface area contributed by atoms with E-state index < -0.39 is 10.0 Å². The van der Waals surface area contributed by atoms with Crippen LogP contribution < -0.4 is 19.5 Å². The summed E-state index contributed by atoms with van der Waals surface area (Å²) in [5.41, 5.74) is 3.34. The van der Waals surface area contributed by atoms with Crippen LogP contribution in [0.1, 0.15) is 23.1 Å². The number of sulfonamides is 1. The lowest BCUT2D eigenvalue weighted by Crippen LogP contribution is -2.23. The molecule has 0 atom stereocenters. The highest BCUT2D eigenvalue weighted by Gasteiger charge is 2.14. The Morgan fingerprint density at radius 2 is 1.48 bits per heavy atom. The zero-order chi connectivity index (χ0) is 23.8. The van der Waals surface area contributed by atoms with E-state index in [2.05, 4.69) is 10.0 Å². The molecule has 0 radical (unpaired) electrons. The first-order valence-electron chi connectivity index (χ1n) is 10.5. The fraction of sp³-hybridized carbons (Fsp3) is 0.240. The topological polar surface area (TPSA) is 93.7 Å². The average molecular weight is 469 g/mol. The minimum atomic E-state index is -3.67. The third-order valence-corrected chi connectivity index (χ3v) is 6.51. The standard InChI is InChI=1S/C25H28N2O5S/c1-18-4-10-21(11-5-18)27-33(29,30)22-12-6-19(7-13-22)9-15-25(28)26-17-20-8-14-23(31-2)24(16-20)32-3/h4-8,10-14,16,27H,9,15,17H2,1-3H3,(H,26,28). The highest BCUT2D eigenvalue weighted by molar-refractivity contribution is 7.92. The molecule has 0 saturated heterocycles. The molecule has 3 aromatic carbocycles. The molecule has 0 fully saturated rings. The molecule has 3 rings (SSSR count). The van der Waals surface area contributed by atoms with Crippen LogP contribution in [0.3, 0.4) is 0 Å². The van der Waals surface area contributed by atoms with Gasteiger partial charge in [0.1, 0.15) is 0 Å². The molecular formula is C25H28N2O5S. The van der Waals surface area contributed by atoms with Gasteiger partial charge in [-0.3, -0.25) is 9.52 Å². The molecule has 0 bridgehead atoms. The number of methoxy groups -OCH3 is 2. The van der Waals surface area contributed by atoms with Gasteiger partial charge in [-0.2, -0.15) is 0 Å². The van der Waals surface area contributed by atoms with E-state index in [1.54, 1.807) is 56.7 Å². The smallest absolute Gasteiger partial charge is 0.261 e. The van der Waals surface area contributed by atoms with E-state index in [1.807, 2.05) is 31.2 Å². The Bertz CT molecular complexity index is 1190. The number of carbonyl (C=O) groups is 1. The number of aryl methyl sites for hydroxylation is 2. The molecule has 0 aromatic heterocycles. The van der Waals surface area contributed by atoms with Crippen molar-refractivity contribution in [3.8, 4) is 11.5 Å². The first kappa shape index (κ1) is 24.1. The van der Waals surface area contributed by atoms with Crippen LogP contribution in [-0.2, 0) is 27.8 Å². The summed E-state index contributed by atoms with van der Waals surface area (Å²) in [5, 5.41) is 2.88. The zero-order valence-corrected chi connectivity index (χ0v) is 19.7. The van der Waals surface area contributed by atoms with E-state index in [9.17, 15) is 13.2 Å². The van der Waals surface area contributed by atoms with E-state index >= 15 is 0 Å². The Balaban J connectivity index is 1.51. The molecule has 0 heterocycles. The molecule has 8 heteroatoms. The van der Waals surface area contributed by atoms with Gasteiger partial charge < -0.3 is 14.8 Å². The number of hydrogen-bond donors (Lipinski definition) is 2. The van der Waals surface area contributed by atoms with Crippen molar-refractivity contribution in [3.05, 3.63) is 83.4 Å². The monoisotopic (exact) mass is 468 g/mol. The minimum Gasteiger partial charge on any atom is -0.493 e. The Hall–Kier alpha value is -3.52. The molecule has 2 N–H and O–H groups in total. The molecule has 0 unspecified atom stereocenters. The summed E-state index contributed by atoms with van der Waals surface area (Å²) in [6.07, 6.45) is 0.796. The minimum absolute atomic E-state index is 0.0949. The van der Waals surface area contributed by atoms with Crippen molar-refractivity contribution >= 4 is 21.6 Å². The molecule has 33 heavy (non-hydrogen) atoms. The Morgan fingerprint density at radius 3 is 2.12 bits per heavy atom. The number of nitrogens with one attached hydrogen (secondary N) is 2. The fourth-order valence-corrected chi connectivity index (χ4v) is 4.27. The predicted molar refractivity (Wildman–Crippen MR) is 128 cm³/mol. The van der Waals surface area contributed by atoms with Gasteiger partial charge in [-0.25, -0.2) is 8.42 Å². The summed E-state index contributed by atoms with van der Waals surface area (Å²) in [7, 11) is -0.537. The summed E-state index contributed by atoms with van der Waals surface area (Å²) in [6, 6.07) is 19.2. The van der Waals surface area contributed by atoms with E-state index in [1.165, 1.54) is 0 Å². The third-order valence-electron chi connectivity index (χ3n) is 5.12. The maximum Gasteiger partial charge on any atom is 0.261 e. The molecule has 0 aliphatic rings. The van der Waals surface area contributed by atoms with Gasteiger partial charge in [0.25, 0.3) is 10.0 Å². The summed E-state index contributed by atoms with van der Waals surface area (Å²) in [4.78, 5) is 12.4. The lowest BCUT2D eigenvalue weighted by Gasteiger charge is -2.11. The number of benzene rings is 3. The van der Waals surface area contributed by atoms with E-state index in [0.717, 1.165) is 16.7 Å². The average Bonchev–Trinajstić information content (AvgIpc) is 2.82. The zero-order valence-electron chi connectivity index (χ0n) is 18.9. The van der Waals surface area contributed by atoms with Crippen molar-refractivity contribution in [1.29, 1.82) is 0 Å². The summed E-state index contributed by atoms with van der Waals surface area (Å²) in [6.45, 7) is 2.31. The largest absolute Gasteiger partial charge is 0.493 e.